The molecule has 4 nitrogen and oxygen atoms in total. The number of halogens is 1. The van der Waals surface area contributed by atoms with Gasteiger partial charge in [-0.15, -0.1) is 0 Å². The first-order valence-electron chi connectivity index (χ1n) is 7.13. The SMILES string of the molecule is CCC(N)C(c1ccc(Cl)cc1)N1CCNC(=O)CC1. The average Bonchev–Trinajstić information content (AvgIpc) is 2.66. The van der Waals surface area contributed by atoms with E-state index in [0.29, 0.717) is 13.0 Å². The number of carbonyl (C=O) groups excluding carboxylic acids is 1. The van der Waals surface area contributed by atoms with Crippen LogP contribution in [-0.2, 0) is 4.79 Å². The molecule has 2 rings (SSSR count). The molecule has 2 atom stereocenters. The van der Waals surface area contributed by atoms with Crippen molar-refractivity contribution in [2.45, 2.75) is 31.8 Å². The largest absolute Gasteiger partial charge is 0.355 e. The zero-order valence-corrected chi connectivity index (χ0v) is 12.6. The van der Waals surface area contributed by atoms with Crippen molar-refractivity contribution in [3.63, 3.8) is 0 Å². The van der Waals surface area contributed by atoms with Gasteiger partial charge in [0.15, 0.2) is 0 Å². The first-order chi connectivity index (χ1) is 9.61. The second-order valence-electron chi connectivity index (χ2n) is 5.20. The topological polar surface area (TPSA) is 58.4 Å². The maximum atomic E-state index is 11.5. The zero-order chi connectivity index (χ0) is 14.5. The van der Waals surface area contributed by atoms with Crippen LogP contribution in [0.3, 0.4) is 0 Å². The Morgan fingerprint density at radius 2 is 2.05 bits per heavy atom. The van der Waals surface area contributed by atoms with Crippen molar-refractivity contribution in [3.8, 4) is 0 Å². The number of rotatable bonds is 4. The van der Waals surface area contributed by atoms with E-state index in [4.69, 9.17) is 17.3 Å². The van der Waals surface area contributed by atoms with Crippen LogP contribution in [0.5, 0.6) is 0 Å². The van der Waals surface area contributed by atoms with E-state index < -0.39 is 0 Å². The quantitative estimate of drug-likeness (QED) is 0.892. The van der Waals surface area contributed by atoms with Gasteiger partial charge < -0.3 is 11.1 Å². The van der Waals surface area contributed by atoms with Crippen LogP contribution >= 0.6 is 11.6 Å². The number of nitrogens with zero attached hydrogens (tertiary/aromatic N) is 1. The summed E-state index contributed by atoms with van der Waals surface area (Å²) in [4.78, 5) is 13.8. The third-order valence-corrected chi connectivity index (χ3v) is 4.08. The molecule has 0 radical (unpaired) electrons. The van der Waals surface area contributed by atoms with Crippen molar-refractivity contribution < 1.29 is 4.79 Å². The molecule has 3 N–H and O–H groups in total. The molecule has 2 unspecified atom stereocenters. The Bertz CT molecular complexity index is 449. The van der Waals surface area contributed by atoms with Crippen LogP contribution in [0.15, 0.2) is 24.3 Å². The Balaban J connectivity index is 2.22. The smallest absolute Gasteiger partial charge is 0.221 e. The second kappa shape index (κ2) is 7.07. The van der Waals surface area contributed by atoms with Crippen molar-refractivity contribution in [1.29, 1.82) is 0 Å². The van der Waals surface area contributed by atoms with Gasteiger partial charge in [0.05, 0.1) is 0 Å². The summed E-state index contributed by atoms with van der Waals surface area (Å²) in [5.74, 6) is 0.118. The molecule has 5 heteroatoms. The van der Waals surface area contributed by atoms with E-state index in [0.717, 1.165) is 30.1 Å². The third kappa shape index (κ3) is 3.72. The van der Waals surface area contributed by atoms with E-state index in [9.17, 15) is 4.79 Å². The molecule has 1 amide bonds. The highest BCUT2D eigenvalue weighted by Gasteiger charge is 2.27. The van der Waals surface area contributed by atoms with Crippen LogP contribution in [-0.4, -0.2) is 36.5 Å². The monoisotopic (exact) mass is 295 g/mol. The van der Waals surface area contributed by atoms with Crippen LogP contribution in [0.2, 0.25) is 5.02 Å². The fourth-order valence-electron chi connectivity index (χ4n) is 2.67. The predicted molar refractivity (Wildman–Crippen MR) is 81.7 cm³/mol. The van der Waals surface area contributed by atoms with Gasteiger partial charge in [0.25, 0.3) is 0 Å². The zero-order valence-electron chi connectivity index (χ0n) is 11.8. The van der Waals surface area contributed by atoms with Crippen LogP contribution in [0.1, 0.15) is 31.4 Å². The Kier molecular flexibility index (Phi) is 5.40. The lowest BCUT2D eigenvalue weighted by atomic mass is 9.96. The summed E-state index contributed by atoms with van der Waals surface area (Å²) in [5.41, 5.74) is 7.49. The predicted octanol–water partition coefficient (Wildman–Crippen LogP) is 1.94. The second-order valence-corrected chi connectivity index (χ2v) is 5.64. The summed E-state index contributed by atoms with van der Waals surface area (Å²) >= 11 is 5.96. The Morgan fingerprint density at radius 1 is 1.35 bits per heavy atom. The molecule has 0 saturated carbocycles. The van der Waals surface area contributed by atoms with E-state index in [2.05, 4.69) is 17.1 Å². The molecule has 1 aliphatic rings. The minimum absolute atomic E-state index is 0.0457. The number of amides is 1. The summed E-state index contributed by atoms with van der Waals surface area (Å²) in [6.45, 7) is 4.34. The van der Waals surface area contributed by atoms with Gasteiger partial charge in [-0.3, -0.25) is 9.69 Å². The highest BCUT2D eigenvalue weighted by molar-refractivity contribution is 6.30. The minimum Gasteiger partial charge on any atom is -0.355 e. The molecular weight excluding hydrogens is 274 g/mol. The van der Waals surface area contributed by atoms with Gasteiger partial charge in [-0.1, -0.05) is 30.7 Å². The Hall–Kier alpha value is -1.10. The minimum atomic E-state index is 0.0457. The number of nitrogens with one attached hydrogen (secondary N) is 1. The molecule has 1 aliphatic heterocycles. The van der Waals surface area contributed by atoms with E-state index in [1.807, 2.05) is 24.3 Å². The molecule has 1 aromatic carbocycles. The summed E-state index contributed by atoms with van der Waals surface area (Å²) < 4.78 is 0. The highest BCUT2D eigenvalue weighted by atomic mass is 35.5. The standard InChI is InChI=1S/C15H22ClN3O/c1-2-13(17)15(11-3-5-12(16)6-4-11)19-9-7-14(20)18-8-10-19/h3-6,13,15H,2,7-10,17H2,1H3,(H,18,20). The molecule has 1 saturated heterocycles. The van der Waals surface area contributed by atoms with E-state index in [1.165, 1.54) is 0 Å². The fourth-order valence-corrected chi connectivity index (χ4v) is 2.80. The van der Waals surface area contributed by atoms with Gasteiger partial charge in [0, 0.05) is 43.2 Å². The molecule has 20 heavy (non-hydrogen) atoms. The van der Waals surface area contributed by atoms with Crippen LogP contribution in [0.4, 0.5) is 0 Å². The number of benzene rings is 1. The molecule has 1 aromatic rings. The van der Waals surface area contributed by atoms with Crippen LogP contribution in [0, 0.1) is 0 Å². The number of hydrogen-bond donors (Lipinski definition) is 2. The summed E-state index contributed by atoms with van der Waals surface area (Å²) in [6.07, 6.45) is 1.42. The first kappa shape index (κ1) is 15.3. The summed E-state index contributed by atoms with van der Waals surface area (Å²) in [5, 5.41) is 3.63. The van der Waals surface area contributed by atoms with Crippen molar-refractivity contribution in [2.24, 2.45) is 5.73 Å². The molecule has 1 fully saturated rings. The maximum absolute atomic E-state index is 11.5. The molecule has 1 heterocycles. The van der Waals surface area contributed by atoms with Crippen LogP contribution < -0.4 is 11.1 Å². The average molecular weight is 296 g/mol. The van der Waals surface area contributed by atoms with E-state index in [1.54, 1.807) is 0 Å². The fraction of sp³-hybridized carbons (Fsp3) is 0.533. The first-order valence-corrected chi connectivity index (χ1v) is 7.51. The van der Waals surface area contributed by atoms with Gasteiger partial charge in [0.2, 0.25) is 5.91 Å². The maximum Gasteiger partial charge on any atom is 0.221 e. The summed E-state index contributed by atoms with van der Waals surface area (Å²) in [6, 6.07) is 8.03. The van der Waals surface area contributed by atoms with Crippen LogP contribution in [0.25, 0.3) is 0 Å². The van der Waals surface area contributed by atoms with Gasteiger partial charge in [-0.25, -0.2) is 0 Å². The van der Waals surface area contributed by atoms with Crippen molar-refractivity contribution in [3.05, 3.63) is 34.9 Å². The highest BCUT2D eigenvalue weighted by Crippen LogP contribution is 2.26. The number of hydrogen-bond acceptors (Lipinski definition) is 3. The molecule has 0 aliphatic carbocycles. The normalized spacial score (nSPS) is 20.1. The van der Waals surface area contributed by atoms with Gasteiger partial charge in [0.1, 0.15) is 0 Å². The van der Waals surface area contributed by atoms with E-state index >= 15 is 0 Å². The van der Waals surface area contributed by atoms with Gasteiger partial charge >= 0.3 is 0 Å². The number of nitrogens with two attached hydrogens (primary N) is 1. The van der Waals surface area contributed by atoms with Crippen molar-refractivity contribution in [2.75, 3.05) is 19.6 Å². The molecule has 110 valence electrons. The molecule has 0 bridgehead atoms. The van der Waals surface area contributed by atoms with E-state index in [-0.39, 0.29) is 18.0 Å². The van der Waals surface area contributed by atoms with Crippen molar-refractivity contribution in [1.82, 2.24) is 10.2 Å². The Labute approximate surface area is 125 Å². The summed E-state index contributed by atoms with van der Waals surface area (Å²) in [7, 11) is 0. The molecular formula is C15H22ClN3O. The van der Waals surface area contributed by atoms with Gasteiger partial charge in [-0.2, -0.15) is 0 Å². The van der Waals surface area contributed by atoms with Gasteiger partial charge in [-0.05, 0) is 24.1 Å². The molecule has 0 aromatic heterocycles. The lowest BCUT2D eigenvalue weighted by Crippen LogP contribution is -2.42. The lowest BCUT2D eigenvalue weighted by Gasteiger charge is -2.34. The number of carbonyl (C=O) groups is 1. The Morgan fingerprint density at radius 3 is 2.70 bits per heavy atom. The molecule has 0 spiro atoms. The lowest BCUT2D eigenvalue weighted by molar-refractivity contribution is -0.120. The third-order valence-electron chi connectivity index (χ3n) is 3.83. The van der Waals surface area contributed by atoms with Crippen molar-refractivity contribution >= 4 is 17.5 Å².